The number of halogens is 4. The number of aromatic nitrogens is 16. The number of carboxylic acid groups (broad SMARTS) is 1. The van der Waals surface area contributed by atoms with E-state index < -0.39 is 17.9 Å². The summed E-state index contributed by atoms with van der Waals surface area (Å²) in [6.45, 7) is 22.5. The van der Waals surface area contributed by atoms with E-state index in [-0.39, 0.29) is 55.6 Å². The van der Waals surface area contributed by atoms with Crippen LogP contribution in [-0.2, 0) is 59.6 Å². The van der Waals surface area contributed by atoms with Gasteiger partial charge in [-0.25, -0.2) is 18.7 Å². The van der Waals surface area contributed by atoms with E-state index in [0.717, 1.165) is 63.3 Å². The number of esters is 3. The lowest BCUT2D eigenvalue weighted by Crippen LogP contribution is -2.28. The second-order valence-electron chi connectivity index (χ2n) is 24.4. The highest BCUT2D eigenvalue weighted by atomic mass is 79.9. The van der Waals surface area contributed by atoms with Gasteiger partial charge in [0.05, 0.1) is 41.8 Å². The number of hydrogen-bond donors (Lipinski definition) is 1. The van der Waals surface area contributed by atoms with E-state index in [2.05, 4.69) is 112 Å². The third kappa shape index (κ3) is 21.6. The minimum atomic E-state index is -0.997. The molecule has 0 saturated heterocycles. The molecule has 12 aromatic rings. The van der Waals surface area contributed by atoms with Crippen molar-refractivity contribution in [3.8, 4) is 91.9 Å². The maximum atomic E-state index is 12.3. The molecule has 0 saturated carbocycles. The number of aryl methyl sites for hydroxylation is 8. The minimum absolute atomic E-state index is 0.0382. The van der Waals surface area contributed by atoms with Crippen molar-refractivity contribution in [2.75, 3.05) is 65.7 Å². The molecule has 0 aliphatic heterocycles. The van der Waals surface area contributed by atoms with Crippen molar-refractivity contribution in [1.82, 2.24) is 89.5 Å². The van der Waals surface area contributed by atoms with Gasteiger partial charge in [-0.2, -0.15) is 40.3 Å². The van der Waals surface area contributed by atoms with Crippen LogP contribution >= 0.6 is 66.8 Å². The largest absolute Gasteiger partial charge is 0.480 e. The van der Waals surface area contributed by atoms with Crippen LogP contribution in [0.3, 0.4) is 0 Å². The first kappa shape index (κ1) is 81.1. The molecule has 562 valence electrons. The SMILES string of the molecule is CCN(CC)CCOC(=O)Cn1nc(C)c(Cl)c1-c1noc(-c2cccc(C)c2)n1.CSCOC(=O)Cn1nc(C)c(Cl)c1-c1noc(-c2cccc(C)c2)n1.Cc1cccc(-c2nc(-c3c(Br)c(C)nn3CC(=O)O)no2)c1.Cc1cccc(-c2nc(-c3c(Br)c(C)nn3CC(=O)OCCN(C)C)no2)c1. The predicted octanol–water partition coefficient (Wildman–Crippen LogP) is 13.6. The van der Waals surface area contributed by atoms with Gasteiger partial charge in [-0.1, -0.05) is 128 Å². The number of ether oxygens (including phenoxy) is 3. The second-order valence-corrected chi connectivity index (χ2v) is 27.5. The lowest BCUT2D eigenvalue weighted by Gasteiger charge is -2.17. The maximum Gasteiger partial charge on any atom is 0.328 e. The zero-order chi connectivity index (χ0) is 77.2. The van der Waals surface area contributed by atoms with Crippen molar-refractivity contribution < 1.29 is 56.6 Å². The Morgan fingerprint density at radius 2 is 0.776 bits per heavy atom. The van der Waals surface area contributed by atoms with Gasteiger partial charge in [0.1, 0.15) is 68.1 Å². The molecule has 0 amide bonds. The Morgan fingerprint density at radius 3 is 1.09 bits per heavy atom. The van der Waals surface area contributed by atoms with E-state index in [0.29, 0.717) is 115 Å². The second kappa shape index (κ2) is 38.0. The number of nitrogens with zero attached hydrogens (tertiary/aromatic N) is 18. The molecule has 0 atom stereocenters. The van der Waals surface area contributed by atoms with Crippen LogP contribution in [0.4, 0.5) is 0 Å². The number of hydrogen-bond acceptors (Lipinski definition) is 26. The lowest BCUT2D eigenvalue weighted by molar-refractivity contribution is -0.145. The average molecular weight is 1650 g/mol. The Labute approximate surface area is 646 Å². The summed E-state index contributed by atoms with van der Waals surface area (Å²) in [4.78, 5) is 69.3. The summed E-state index contributed by atoms with van der Waals surface area (Å²) in [7, 11) is 3.84. The molecule has 0 fully saturated rings. The van der Waals surface area contributed by atoms with Crippen molar-refractivity contribution in [1.29, 1.82) is 0 Å². The van der Waals surface area contributed by atoms with Gasteiger partial charge in [0.25, 0.3) is 23.6 Å². The van der Waals surface area contributed by atoms with Gasteiger partial charge in [0.2, 0.25) is 23.3 Å². The highest BCUT2D eigenvalue weighted by Gasteiger charge is 2.28. The fraction of sp³-hybridized carbons (Fsp3) is 0.333. The number of likely N-dealkylation sites (N-methyl/N-ethyl adjacent to an activating group) is 2. The van der Waals surface area contributed by atoms with Gasteiger partial charge in [0.15, 0.2) is 0 Å². The Kier molecular flexibility index (Phi) is 28.8. The van der Waals surface area contributed by atoms with Gasteiger partial charge >= 0.3 is 23.9 Å². The minimum Gasteiger partial charge on any atom is -0.480 e. The number of aliphatic carboxylic acids is 1. The van der Waals surface area contributed by atoms with E-state index in [4.69, 9.17) is 60.6 Å². The van der Waals surface area contributed by atoms with Crippen molar-refractivity contribution in [3.05, 3.63) is 161 Å². The summed E-state index contributed by atoms with van der Waals surface area (Å²) in [5, 5.41) is 43.1. The van der Waals surface area contributed by atoms with E-state index in [1.807, 2.05) is 157 Å². The zero-order valence-corrected chi connectivity index (χ0v) is 66.4. The Hall–Kier alpha value is -10.0. The van der Waals surface area contributed by atoms with Crippen molar-refractivity contribution in [3.63, 3.8) is 0 Å². The molecule has 35 heteroatoms. The van der Waals surface area contributed by atoms with Crippen molar-refractivity contribution >= 4 is 90.7 Å². The molecule has 0 spiro atoms. The van der Waals surface area contributed by atoms with Gasteiger partial charge in [-0.3, -0.25) is 19.2 Å². The molecule has 0 unspecified atom stereocenters. The molecular weight excluding hydrogens is 1570 g/mol. The van der Waals surface area contributed by atoms with E-state index in [1.54, 1.807) is 20.8 Å². The maximum absolute atomic E-state index is 12.3. The number of thioether (sulfide) groups is 1. The van der Waals surface area contributed by atoms with Crippen molar-refractivity contribution in [2.24, 2.45) is 0 Å². The lowest BCUT2D eigenvalue weighted by atomic mass is 10.1. The fourth-order valence-electron chi connectivity index (χ4n) is 10.3. The zero-order valence-electron chi connectivity index (χ0n) is 60.9. The van der Waals surface area contributed by atoms with E-state index in [9.17, 15) is 19.2 Å². The van der Waals surface area contributed by atoms with Crippen LogP contribution in [0.25, 0.3) is 91.9 Å². The third-order valence-electron chi connectivity index (χ3n) is 15.7. The number of carboxylic acids is 1. The molecule has 0 aliphatic rings. The summed E-state index contributed by atoms with van der Waals surface area (Å²) in [6, 6.07) is 31.0. The number of carbonyl (C=O) groups excluding carboxylic acids is 3. The van der Waals surface area contributed by atoms with E-state index in [1.165, 1.54) is 30.5 Å². The molecule has 1 N–H and O–H groups in total. The summed E-state index contributed by atoms with van der Waals surface area (Å²) in [5.41, 5.74) is 12.0. The summed E-state index contributed by atoms with van der Waals surface area (Å²) < 4.78 is 44.4. The summed E-state index contributed by atoms with van der Waals surface area (Å²) in [5.74, 6) is 0.796. The number of carbonyl (C=O) groups is 4. The smallest absolute Gasteiger partial charge is 0.328 e. The first-order valence-electron chi connectivity index (χ1n) is 33.3. The molecule has 12 rings (SSSR count). The molecule has 8 heterocycles. The molecule has 107 heavy (non-hydrogen) atoms. The Bertz CT molecular complexity index is 5050. The normalized spacial score (nSPS) is 11.1. The monoisotopic (exact) mass is 1650 g/mol. The first-order chi connectivity index (χ1) is 51.2. The highest BCUT2D eigenvalue weighted by molar-refractivity contribution is 9.11. The van der Waals surface area contributed by atoms with Gasteiger partial charge < -0.3 is 47.2 Å². The van der Waals surface area contributed by atoms with Crippen molar-refractivity contribution in [2.45, 2.75) is 95.4 Å². The summed E-state index contributed by atoms with van der Waals surface area (Å²) in [6.07, 6.45) is 1.85. The Balaban J connectivity index is 0.000000165. The molecular formula is C72H78Br2Cl2N18O12S. The van der Waals surface area contributed by atoms with E-state index >= 15 is 0 Å². The molecule has 8 aromatic heterocycles. The summed E-state index contributed by atoms with van der Waals surface area (Å²) >= 11 is 21.1. The van der Waals surface area contributed by atoms with Gasteiger partial charge in [-0.15, -0.1) is 11.8 Å². The Morgan fingerprint density at radius 1 is 0.467 bits per heavy atom. The topological polar surface area (TPSA) is 350 Å². The molecule has 0 bridgehead atoms. The number of benzene rings is 4. The van der Waals surface area contributed by atoms with Crippen LogP contribution in [0.5, 0.6) is 0 Å². The highest BCUT2D eigenvalue weighted by Crippen LogP contribution is 2.36. The van der Waals surface area contributed by atoms with Gasteiger partial charge in [-0.05, 0) is 169 Å². The molecule has 30 nitrogen and oxygen atoms in total. The van der Waals surface area contributed by atoms with Crippen LogP contribution < -0.4 is 0 Å². The van der Waals surface area contributed by atoms with Crippen LogP contribution in [0.15, 0.2) is 124 Å². The quantitative estimate of drug-likeness (QED) is 0.0299. The predicted molar refractivity (Wildman–Crippen MR) is 408 cm³/mol. The standard InChI is InChI=1S/C21H26ClN5O3.C19H22BrN5O3.C17H17ClN4O3S.C15H13BrN4O3/c1-5-26(6-2)10-11-29-17(28)13-27-19(18(22)15(4)24-27)20-23-21(30-25-20)16-9-7-8-14(3)12-16;1-12-6-5-7-14(10-12)19-21-18(23-28-19)17-16(20)13(2)22-25(17)11-15(26)27-9-8-24(3)4;1-10-5-4-6-12(7-10)17-19-16(21-25-17)15-14(18)11(2)20-22(15)8-13(23)24-9-26-3;1-8-4-3-5-10(6-8)15-17-14(19-23-15)13-12(16)9(2)18-20(13)7-11(21)22/h7-9,12H,5-6,10-11,13H2,1-4H3;5-7,10H,8-9,11H2,1-4H3;4-7H,8-9H2,1-3H3;3-6H,7H2,1-2H3,(H,21,22). The number of rotatable bonds is 26. The average Bonchev–Trinajstić information content (AvgIpc) is 1.66. The molecule has 0 aliphatic carbocycles. The molecule has 4 aromatic carbocycles. The fourth-order valence-corrected chi connectivity index (χ4v) is 11.9. The van der Waals surface area contributed by atoms with Crippen LogP contribution in [0, 0.1) is 55.4 Å². The third-order valence-corrected chi connectivity index (χ3v) is 18.8. The van der Waals surface area contributed by atoms with Gasteiger partial charge in [0, 0.05) is 35.3 Å². The molecule has 0 radical (unpaired) electrons. The van der Waals surface area contributed by atoms with Crippen LogP contribution in [0.2, 0.25) is 10.0 Å². The first-order valence-corrected chi connectivity index (χ1v) is 37.1. The van der Waals surface area contributed by atoms with Crippen LogP contribution in [0.1, 0.15) is 58.9 Å². The van der Waals surface area contributed by atoms with Crippen LogP contribution in [-0.4, -0.2) is 184 Å².